The van der Waals surface area contributed by atoms with E-state index in [2.05, 4.69) is 0 Å². The zero-order valence-electron chi connectivity index (χ0n) is 6.65. The van der Waals surface area contributed by atoms with Crippen molar-refractivity contribution in [2.45, 2.75) is 25.6 Å². The van der Waals surface area contributed by atoms with Crippen LogP contribution in [0.5, 0.6) is 0 Å². The molecule has 0 spiro atoms. The number of nitrogens with zero attached hydrogens (tertiary/aromatic N) is 2. The fourth-order valence-corrected chi connectivity index (χ4v) is 1.26. The molecule has 11 heavy (non-hydrogen) atoms. The van der Waals surface area contributed by atoms with Crippen LogP contribution in [0, 0.1) is 10.1 Å². The van der Waals surface area contributed by atoms with E-state index >= 15 is 0 Å². The fourth-order valence-electron chi connectivity index (χ4n) is 1.26. The second-order valence-corrected chi connectivity index (χ2v) is 3.12. The fraction of sp³-hybridized carbons (Fsp3) is 1.00. The SMILES string of the molecule is CC(C)N1CC1(CO)[N+](=O)[O-]. The Morgan fingerprint density at radius 3 is 2.45 bits per heavy atom. The molecule has 0 aromatic rings. The van der Waals surface area contributed by atoms with Gasteiger partial charge in [-0.15, -0.1) is 0 Å². The summed E-state index contributed by atoms with van der Waals surface area (Å²) in [7, 11) is 0. The Labute approximate surface area is 64.8 Å². The molecule has 5 nitrogen and oxygen atoms in total. The molecule has 0 aromatic carbocycles. The van der Waals surface area contributed by atoms with Crippen LogP contribution >= 0.6 is 0 Å². The first-order valence-electron chi connectivity index (χ1n) is 3.56. The molecule has 64 valence electrons. The molecule has 1 aliphatic rings. The van der Waals surface area contributed by atoms with Crippen molar-refractivity contribution in [3.05, 3.63) is 10.1 Å². The summed E-state index contributed by atoms with van der Waals surface area (Å²) < 4.78 is 0. The summed E-state index contributed by atoms with van der Waals surface area (Å²) in [6.45, 7) is 3.73. The van der Waals surface area contributed by atoms with Gasteiger partial charge >= 0.3 is 5.66 Å². The third-order valence-electron chi connectivity index (χ3n) is 2.07. The Morgan fingerprint density at radius 1 is 1.82 bits per heavy atom. The van der Waals surface area contributed by atoms with Gasteiger partial charge in [0.15, 0.2) is 0 Å². The van der Waals surface area contributed by atoms with E-state index in [1.54, 1.807) is 4.90 Å². The molecule has 0 bridgehead atoms. The molecular weight excluding hydrogens is 148 g/mol. The summed E-state index contributed by atoms with van der Waals surface area (Å²) in [4.78, 5) is 11.7. The molecule has 1 fully saturated rings. The molecule has 0 aliphatic carbocycles. The van der Waals surface area contributed by atoms with E-state index in [-0.39, 0.29) is 6.04 Å². The summed E-state index contributed by atoms with van der Waals surface area (Å²) in [6, 6.07) is 0.132. The molecule has 1 rings (SSSR count). The maximum Gasteiger partial charge on any atom is 0.313 e. The lowest BCUT2D eigenvalue weighted by atomic mass is 10.3. The molecule has 0 radical (unpaired) electrons. The zero-order chi connectivity index (χ0) is 8.65. The Balaban J connectivity index is 2.64. The molecule has 2 unspecified atom stereocenters. The van der Waals surface area contributed by atoms with Crippen molar-refractivity contribution in [1.29, 1.82) is 0 Å². The third kappa shape index (κ3) is 1.10. The van der Waals surface area contributed by atoms with Crippen LogP contribution in [0.4, 0.5) is 0 Å². The first-order chi connectivity index (χ1) is 5.04. The van der Waals surface area contributed by atoms with E-state index in [4.69, 9.17) is 5.11 Å². The molecule has 1 heterocycles. The Kier molecular flexibility index (Phi) is 1.85. The standard InChI is InChI=1S/C6H12N2O3/c1-5(2)7-3-6(7,4-9)8(10)11/h5,9H,3-4H2,1-2H3. The molecule has 5 heteroatoms. The summed E-state index contributed by atoms with van der Waals surface area (Å²) in [6.07, 6.45) is 0. The highest BCUT2D eigenvalue weighted by molar-refractivity contribution is 4.99. The van der Waals surface area contributed by atoms with Crippen molar-refractivity contribution in [1.82, 2.24) is 4.90 Å². The number of nitro groups is 1. The Bertz CT molecular complexity index is 183. The summed E-state index contributed by atoms with van der Waals surface area (Å²) in [5, 5.41) is 19.2. The maximum absolute atomic E-state index is 10.4. The number of aliphatic hydroxyl groups is 1. The van der Waals surface area contributed by atoms with Gasteiger partial charge in [-0.3, -0.25) is 10.1 Å². The molecule has 0 saturated carbocycles. The van der Waals surface area contributed by atoms with Crippen LogP contribution in [-0.2, 0) is 0 Å². The van der Waals surface area contributed by atoms with E-state index in [0.717, 1.165) is 0 Å². The van der Waals surface area contributed by atoms with Gasteiger partial charge in [-0.05, 0) is 13.8 Å². The van der Waals surface area contributed by atoms with Gasteiger partial charge in [-0.25, -0.2) is 4.90 Å². The molecule has 1 aliphatic heterocycles. The monoisotopic (exact) mass is 160 g/mol. The van der Waals surface area contributed by atoms with Crippen LogP contribution in [0.1, 0.15) is 13.8 Å². The Hall–Kier alpha value is -0.680. The van der Waals surface area contributed by atoms with Crippen LogP contribution in [0.15, 0.2) is 0 Å². The van der Waals surface area contributed by atoms with E-state index in [9.17, 15) is 10.1 Å². The van der Waals surface area contributed by atoms with Crippen molar-refractivity contribution < 1.29 is 10.0 Å². The van der Waals surface area contributed by atoms with Crippen LogP contribution < -0.4 is 0 Å². The molecule has 1 N–H and O–H groups in total. The molecule has 2 atom stereocenters. The second-order valence-electron chi connectivity index (χ2n) is 3.12. The lowest BCUT2D eigenvalue weighted by molar-refractivity contribution is -0.554. The Morgan fingerprint density at radius 2 is 2.36 bits per heavy atom. The average molecular weight is 160 g/mol. The van der Waals surface area contributed by atoms with E-state index in [0.29, 0.717) is 6.54 Å². The summed E-state index contributed by atoms with van der Waals surface area (Å²) in [5.41, 5.74) is -1.16. The van der Waals surface area contributed by atoms with Gasteiger partial charge < -0.3 is 5.11 Å². The van der Waals surface area contributed by atoms with Crippen LogP contribution in [-0.4, -0.2) is 39.8 Å². The molecular formula is C6H12N2O3. The topological polar surface area (TPSA) is 66.4 Å². The molecule has 0 amide bonds. The maximum atomic E-state index is 10.4. The van der Waals surface area contributed by atoms with Crippen molar-refractivity contribution in [2.24, 2.45) is 0 Å². The second kappa shape index (κ2) is 2.42. The van der Waals surface area contributed by atoms with Gasteiger partial charge in [0.1, 0.15) is 6.61 Å². The van der Waals surface area contributed by atoms with Crippen molar-refractivity contribution in [3.63, 3.8) is 0 Å². The van der Waals surface area contributed by atoms with Gasteiger partial charge in [0.2, 0.25) is 0 Å². The van der Waals surface area contributed by atoms with Gasteiger partial charge in [-0.2, -0.15) is 0 Å². The lowest BCUT2D eigenvalue weighted by Gasteiger charge is -2.09. The minimum absolute atomic E-state index is 0.132. The predicted molar refractivity (Wildman–Crippen MR) is 38.7 cm³/mol. The normalized spacial score (nSPS) is 35.8. The first kappa shape index (κ1) is 8.42. The first-order valence-corrected chi connectivity index (χ1v) is 3.56. The van der Waals surface area contributed by atoms with Gasteiger partial charge in [-0.1, -0.05) is 0 Å². The van der Waals surface area contributed by atoms with E-state index < -0.39 is 17.2 Å². The third-order valence-corrected chi connectivity index (χ3v) is 2.07. The number of hydrogen-bond acceptors (Lipinski definition) is 4. The van der Waals surface area contributed by atoms with Crippen LogP contribution in [0.25, 0.3) is 0 Å². The number of rotatable bonds is 3. The summed E-state index contributed by atoms with van der Waals surface area (Å²) >= 11 is 0. The smallest absolute Gasteiger partial charge is 0.313 e. The van der Waals surface area contributed by atoms with Gasteiger partial charge in [0.25, 0.3) is 0 Å². The highest BCUT2D eigenvalue weighted by Gasteiger charge is 2.65. The highest BCUT2D eigenvalue weighted by Crippen LogP contribution is 2.34. The highest BCUT2D eigenvalue weighted by atomic mass is 16.6. The minimum Gasteiger partial charge on any atom is -0.387 e. The average Bonchev–Trinajstić information content (AvgIpc) is 2.62. The van der Waals surface area contributed by atoms with E-state index in [1.807, 2.05) is 13.8 Å². The largest absolute Gasteiger partial charge is 0.387 e. The van der Waals surface area contributed by atoms with Crippen LogP contribution in [0.3, 0.4) is 0 Å². The molecule has 1 saturated heterocycles. The minimum atomic E-state index is -1.16. The van der Waals surface area contributed by atoms with E-state index in [1.165, 1.54) is 0 Å². The summed E-state index contributed by atoms with van der Waals surface area (Å²) in [5.74, 6) is 0. The van der Waals surface area contributed by atoms with Crippen molar-refractivity contribution >= 4 is 0 Å². The quantitative estimate of drug-likeness (QED) is 0.349. The predicted octanol–water partition coefficient (Wildman–Crippen LogP) is -0.324. The van der Waals surface area contributed by atoms with Crippen molar-refractivity contribution in [3.8, 4) is 0 Å². The van der Waals surface area contributed by atoms with Crippen molar-refractivity contribution in [2.75, 3.05) is 13.2 Å². The van der Waals surface area contributed by atoms with Crippen LogP contribution in [0.2, 0.25) is 0 Å². The lowest BCUT2D eigenvalue weighted by Crippen LogP contribution is -2.35. The van der Waals surface area contributed by atoms with Gasteiger partial charge in [0, 0.05) is 11.0 Å². The number of aliphatic hydroxyl groups excluding tert-OH is 1. The number of hydrogen-bond donors (Lipinski definition) is 1. The molecule has 0 aromatic heterocycles. The zero-order valence-corrected chi connectivity index (χ0v) is 6.65. The van der Waals surface area contributed by atoms with Gasteiger partial charge in [0.05, 0.1) is 6.54 Å².